The van der Waals surface area contributed by atoms with E-state index in [9.17, 15) is 0 Å². The molecule has 2 heterocycles. The van der Waals surface area contributed by atoms with Crippen molar-refractivity contribution in [2.24, 2.45) is 0 Å². The quantitative estimate of drug-likeness (QED) is 0.210. The van der Waals surface area contributed by atoms with Gasteiger partial charge in [0, 0.05) is 38.5 Å². The molecule has 0 saturated carbocycles. The summed E-state index contributed by atoms with van der Waals surface area (Å²) in [7, 11) is 0. The van der Waals surface area contributed by atoms with Crippen LogP contribution in [0.1, 0.15) is 43.2 Å². The van der Waals surface area contributed by atoms with E-state index < -0.39 is 0 Å². The molecule has 2 aromatic heterocycles. The number of hydrogen-bond donors (Lipinski definition) is 0. The molecular weight excluding hydrogens is 508 g/mol. The van der Waals surface area contributed by atoms with E-state index in [1.165, 1.54) is 66.2 Å². The molecular formula is C40H32N2. The number of fused-ring (bicyclic) bond motifs is 7. The van der Waals surface area contributed by atoms with Gasteiger partial charge in [0.25, 0.3) is 0 Å². The maximum Gasteiger partial charge on any atom is 0.0541 e. The van der Waals surface area contributed by atoms with Crippen LogP contribution < -0.4 is 0 Å². The third kappa shape index (κ3) is 3.27. The van der Waals surface area contributed by atoms with Crippen LogP contribution >= 0.6 is 0 Å². The van der Waals surface area contributed by atoms with E-state index in [0.29, 0.717) is 0 Å². The highest BCUT2D eigenvalue weighted by Crippen LogP contribution is 2.50. The first-order valence-electron chi connectivity index (χ1n) is 14.7. The Bertz CT molecular complexity index is 2200. The van der Waals surface area contributed by atoms with Crippen LogP contribution in [0, 0.1) is 0 Å². The second kappa shape index (κ2) is 8.96. The number of aromatic nitrogens is 2. The van der Waals surface area contributed by atoms with Gasteiger partial charge in [-0.2, -0.15) is 0 Å². The average molecular weight is 541 g/mol. The minimum absolute atomic E-state index is 0.0846. The van der Waals surface area contributed by atoms with Gasteiger partial charge in [-0.3, -0.25) is 0 Å². The monoisotopic (exact) mass is 540 g/mol. The Morgan fingerprint density at radius 1 is 0.595 bits per heavy atom. The SMILES string of the molecule is C=Cc1c(/C=C\C)c2ccccc2n1-c1ccc2c(c1)-c1cc(-n3c4ccccc4c4ccccc43)ccc1C2(C)C. The van der Waals surface area contributed by atoms with Gasteiger partial charge in [0.2, 0.25) is 0 Å². The molecule has 1 aliphatic carbocycles. The largest absolute Gasteiger partial charge is 0.309 e. The predicted molar refractivity (Wildman–Crippen MR) is 180 cm³/mol. The fraction of sp³-hybridized carbons (Fsp3) is 0.100. The van der Waals surface area contributed by atoms with Gasteiger partial charge in [-0.1, -0.05) is 99.3 Å². The molecule has 0 amide bonds. The number of para-hydroxylation sites is 3. The number of rotatable bonds is 4. The molecule has 0 spiro atoms. The standard InChI is InChI=1S/C40H32N2/c1-5-13-28-29-14-7-10-17-37(29)41(36(28)6-2)26-20-22-34-32(24-26)33-25-27(21-23-35(33)40(34,3)4)42-38-18-11-8-15-30(38)31-16-9-12-19-39(31)42/h5-25H,2H2,1,3-4H3/b13-5-. The second-order valence-corrected chi connectivity index (χ2v) is 11.8. The van der Waals surface area contributed by atoms with E-state index >= 15 is 0 Å². The normalized spacial score (nSPS) is 13.8. The zero-order valence-electron chi connectivity index (χ0n) is 24.2. The van der Waals surface area contributed by atoms with Crippen LogP contribution in [0.25, 0.3) is 67.4 Å². The number of allylic oxidation sites excluding steroid dienone is 1. The van der Waals surface area contributed by atoms with Crippen LogP contribution in [0.4, 0.5) is 0 Å². The van der Waals surface area contributed by atoms with Crippen molar-refractivity contribution in [3.8, 4) is 22.5 Å². The first-order valence-corrected chi connectivity index (χ1v) is 14.7. The zero-order chi connectivity index (χ0) is 28.6. The molecule has 2 nitrogen and oxygen atoms in total. The van der Waals surface area contributed by atoms with E-state index in [2.05, 4.69) is 158 Å². The van der Waals surface area contributed by atoms with Gasteiger partial charge in [0.1, 0.15) is 0 Å². The molecule has 0 radical (unpaired) electrons. The molecule has 0 fully saturated rings. The van der Waals surface area contributed by atoms with Gasteiger partial charge in [-0.05, 0) is 77.7 Å². The van der Waals surface area contributed by atoms with E-state index in [4.69, 9.17) is 0 Å². The van der Waals surface area contributed by atoms with Gasteiger partial charge < -0.3 is 9.13 Å². The molecule has 0 unspecified atom stereocenters. The van der Waals surface area contributed by atoms with Crippen LogP contribution in [0.3, 0.4) is 0 Å². The first-order chi connectivity index (χ1) is 20.5. The van der Waals surface area contributed by atoms with Crippen molar-refractivity contribution in [3.63, 3.8) is 0 Å². The van der Waals surface area contributed by atoms with Crippen molar-refractivity contribution >= 4 is 44.9 Å². The lowest BCUT2D eigenvalue weighted by Gasteiger charge is -2.22. The molecule has 202 valence electrons. The molecule has 0 saturated heterocycles. The Labute approximate surface area is 246 Å². The summed E-state index contributed by atoms with van der Waals surface area (Å²) in [6, 6.07) is 40.1. The number of nitrogens with zero attached hydrogens (tertiary/aromatic N) is 2. The second-order valence-electron chi connectivity index (χ2n) is 11.8. The summed E-state index contributed by atoms with van der Waals surface area (Å²) >= 11 is 0. The first kappa shape index (κ1) is 24.7. The molecule has 2 heteroatoms. The summed E-state index contributed by atoms with van der Waals surface area (Å²) in [4.78, 5) is 0. The number of hydrogen-bond acceptors (Lipinski definition) is 0. The maximum atomic E-state index is 4.22. The molecule has 0 bridgehead atoms. The molecule has 8 rings (SSSR count). The minimum atomic E-state index is -0.0846. The van der Waals surface area contributed by atoms with Crippen LogP contribution in [0.5, 0.6) is 0 Å². The third-order valence-corrected chi connectivity index (χ3v) is 9.22. The summed E-state index contributed by atoms with van der Waals surface area (Å²) in [6.45, 7) is 11.0. The summed E-state index contributed by atoms with van der Waals surface area (Å²) in [5.41, 5.74) is 13.6. The van der Waals surface area contributed by atoms with Gasteiger partial charge in [-0.25, -0.2) is 0 Å². The van der Waals surface area contributed by atoms with Crippen LogP contribution in [0.15, 0.2) is 122 Å². The summed E-state index contributed by atoms with van der Waals surface area (Å²) < 4.78 is 4.78. The Morgan fingerprint density at radius 3 is 1.60 bits per heavy atom. The Balaban J connectivity index is 1.38. The van der Waals surface area contributed by atoms with Crippen molar-refractivity contribution in [1.29, 1.82) is 0 Å². The highest BCUT2D eigenvalue weighted by molar-refractivity contribution is 6.09. The predicted octanol–water partition coefficient (Wildman–Crippen LogP) is 10.7. The van der Waals surface area contributed by atoms with Gasteiger partial charge in [-0.15, -0.1) is 0 Å². The van der Waals surface area contributed by atoms with Gasteiger partial charge >= 0.3 is 0 Å². The Hall–Kier alpha value is -5.08. The average Bonchev–Trinajstić information content (AvgIpc) is 3.60. The maximum absolute atomic E-state index is 4.22. The van der Waals surface area contributed by atoms with E-state index in [1.807, 2.05) is 6.08 Å². The lowest BCUT2D eigenvalue weighted by Crippen LogP contribution is -2.15. The van der Waals surface area contributed by atoms with E-state index in [-0.39, 0.29) is 5.41 Å². The summed E-state index contributed by atoms with van der Waals surface area (Å²) in [5.74, 6) is 0. The fourth-order valence-corrected chi connectivity index (χ4v) is 7.33. The van der Waals surface area contributed by atoms with Crippen LogP contribution in [0.2, 0.25) is 0 Å². The van der Waals surface area contributed by atoms with Crippen molar-refractivity contribution in [3.05, 3.63) is 144 Å². The highest BCUT2D eigenvalue weighted by atomic mass is 15.0. The molecule has 1 aliphatic rings. The smallest absolute Gasteiger partial charge is 0.0541 e. The summed E-state index contributed by atoms with van der Waals surface area (Å²) in [6.07, 6.45) is 6.29. The zero-order valence-corrected chi connectivity index (χ0v) is 24.2. The van der Waals surface area contributed by atoms with Gasteiger partial charge in [0.15, 0.2) is 0 Å². The molecule has 0 N–H and O–H groups in total. The molecule has 0 aliphatic heterocycles. The van der Waals surface area contributed by atoms with Gasteiger partial charge in [0.05, 0.1) is 22.2 Å². The van der Waals surface area contributed by atoms with E-state index in [1.54, 1.807) is 0 Å². The van der Waals surface area contributed by atoms with Crippen molar-refractivity contribution < 1.29 is 0 Å². The molecule has 42 heavy (non-hydrogen) atoms. The lowest BCUT2D eigenvalue weighted by molar-refractivity contribution is 0.660. The Kier molecular flexibility index (Phi) is 5.27. The Morgan fingerprint density at radius 2 is 1.07 bits per heavy atom. The fourth-order valence-electron chi connectivity index (χ4n) is 7.33. The molecule has 0 atom stereocenters. The minimum Gasteiger partial charge on any atom is -0.309 e. The lowest BCUT2D eigenvalue weighted by atomic mass is 9.82. The van der Waals surface area contributed by atoms with Crippen molar-refractivity contribution in [2.45, 2.75) is 26.2 Å². The van der Waals surface area contributed by atoms with Crippen molar-refractivity contribution in [2.75, 3.05) is 0 Å². The third-order valence-electron chi connectivity index (χ3n) is 9.22. The van der Waals surface area contributed by atoms with E-state index in [0.717, 1.165) is 11.4 Å². The van der Waals surface area contributed by atoms with Crippen LogP contribution in [-0.4, -0.2) is 9.13 Å². The summed E-state index contributed by atoms with van der Waals surface area (Å²) in [5, 5.41) is 3.80. The topological polar surface area (TPSA) is 9.86 Å². The highest BCUT2D eigenvalue weighted by Gasteiger charge is 2.36. The number of benzene rings is 5. The van der Waals surface area contributed by atoms with Crippen molar-refractivity contribution in [1.82, 2.24) is 9.13 Å². The molecule has 5 aromatic carbocycles. The molecule has 7 aromatic rings. The van der Waals surface area contributed by atoms with Crippen LogP contribution in [-0.2, 0) is 5.41 Å².